The Balaban J connectivity index is 1.45. The number of guanidine groups is 1. The van der Waals surface area contributed by atoms with E-state index >= 15 is 0 Å². The van der Waals surface area contributed by atoms with Gasteiger partial charge in [0.2, 0.25) is 0 Å². The molecule has 8 atom stereocenters. The van der Waals surface area contributed by atoms with Crippen molar-refractivity contribution in [2.24, 2.45) is 16.6 Å². The summed E-state index contributed by atoms with van der Waals surface area (Å²) in [6.45, 7) is 1.67. The molecule has 0 saturated carbocycles. The second kappa shape index (κ2) is 10.8. The van der Waals surface area contributed by atoms with Crippen LogP contribution in [0.1, 0.15) is 19.8 Å². The third-order valence-electron chi connectivity index (χ3n) is 5.93. The number of nitrogens with two attached hydrogens (primary N) is 1. The Morgan fingerprint density at radius 2 is 2.09 bits per heavy atom. The van der Waals surface area contributed by atoms with Gasteiger partial charge in [0.05, 0.1) is 31.3 Å². The maximum Gasteiger partial charge on any atom is 0.334 e. The van der Waals surface area contributed by atoms with Crippen LogP contribution in [0.15, 0.2) is 16.6 Å². The Labute approximate surface area is 190 Å². The van der Waals surface area contributed by atoms with Gasteiger partial charge >= 0.3 is 11.9 Å². The number of carboxylic acid groups (broad SMARTS) is 1. The van der Waals surface area contributed by atoms with Gasteiger partial charge in [-0.1, -0.05) is 0 Å². The first-order valence-electron chi connectivity index (χ1n) is 10.7. The van der Waals surface area contributed by atoms with Crippen LogP contribution >= 0.6 is 0 Å². The molecule has 0 aromatic carbocycles. The van der Waals surface area contributed by atoms with Crippen LogP contribution in [0.3, 0.4) is 0 Å². The number of aliphatic hydroxyl groups excluding tert-OH is 4. The maximum absolute atomic E-state index is 11.8. The molecule has 0 amide bonds. The monoisotopic (exact) mass is 473 g/mol. The van der Waals surface area contributed by atoms with Crippen molar-refractivity contribution in [3.05, 3.63) is 11.6 Å². The molecule has 0 aromatic heterocycles. The number of β-amino-alcohol motifs (C(OH)–C–C–N with tert-alkyl or cyclic N) is 1. The van der Waals surface area contributed by atoms with Gasteiger partial charge in [-0.2, -0.15) is 0 Å². The summed E-state index contributed by atoms with van der Waals surface area (Å²) in [4.78, 5) is 29.2. The lowest BCUT2D eigenvalue weighted by atomic mass is 9.93. The number of aliphatic hydroxyl groups is 4. The van der Waals surface area contributed by atoms with Crippen LogP contribution in [0.2, 0.25) is 0 Å². The van der Waals surface area contributed by atoms with Crippen molar-refractivity contribution < 1.29 is 49.3 Å². The number of hydrogen-bond donors (Lipinski definition) is 6. The molecule has 33 heavy (non-hydrogen) atoms. The van der Waals surface area contributed by atoms with Crippen molar-refractivity contribution in [1.82, 2.24) is 4.90 Å². The molecule has 0 aliphatic carbocycles. The smallest absolute Gasteiger partial charge is 0.334 e. The van der Waals surface area contributed by atoms with E-state index in [1.54, 1.807) is 17.9 Å². The van der Waals surface area contributed by atoms with Gasteiger partial charge in [0, 0.05) is 25.1 Å². The fraction of sp³-hybridized carbons (Fsp3) is 0.750. The van der Waals surface area contributed by atoms with E-state index in [1.807, 2.05) is 0 Å². The Bertz CT molecular complexity index is 790. The maximum atomic E-state index is 11.8. The molecule has 1 fully saturated rings. The number of carbonyl (C=O) groups is 2. The third kappa shape index (κ3) is 6.19. The van der Waals surface area contributed by atoms with E-state index in [-0.39, 0.29) is 45.1 Å². The second-order valence-electron chi connectivity index (χ2n) is 8.50. The van der Waals surface area contributed by atoms with E-state index < -0.39 is 60.7 Å². The number of hydrogen-bond acceptors (Lipinski definition) is 12. The standard InChI is InChI=1S/C20H31N3O10/c1-9-4-11(33-18(9)30)5-12(17(28)29)13-7-23(20(21)22-13)6-10(24)2-3-31-19-16(27)15(26)14(25)8-32-19/h4,10-16,19,24-27H,2-3,5-8H2,1H3,(H2,21,22)(H,28,29)/t10-,11+,12-,13+,14-,15+,16-,19+/m1/s1. The molecule has 0 unspecified atom stereocenters. The summed E-state index contributed by atoms with van der Waals surface area (Å²) in [7, 11) is 0. The minimum Gasteiger partial charge on any atom is -0.481 e. The summed E-state index contributed by atoms with van der Waals surface area (Å²) in [5.74, 6) is -2.38. The van der Waals surface area contributed by atoms with Crippen LogP contribution < -0.4 is 5.73 Å². The van der Waals surface area contributed by atoms with E-state index in [9.17, 15) is 35.1 Å². The fourth-order valence-corrected chi connectivity index (χ4v) is 3.99. The number of nitrogens with zero attached hydrogens (tertiary/aromatic N) is 2. The first kappa shape index (κ1) is 25.3. The summed E-state index contributed by atoms with van der Waals surface area (Å²) in [6.07, 6.45) is -4.88. The number of ether oxygens (including phenoxy) is 3. The molecule has 0 bridgehead atoms. The number of cyclic esters (lactones) is 1. The highest BCUT2D eigenvalue weighted by Crippen LogP contribution is 2.26. The summed E-state index contributed by atoms with van der Waals surface area (Å²) < 4.78 is 15.6. The van der Waals surface area contributed by atoms with Crippen molar-refractivity contribution in [3.8, 4) is 0 Å². The van der Waals surface area contributed by atoms with E-state index in [1.165, 1.54) is 0 Å². The quantitative estimate of drug-likeness (QED) is 0.177. The molecule has 7 N–H and O–H groups in total. The number of aliphatic imine (C=N–C) groups is 1. The van der Waals surface area contributed by atoms with Crippen molar-refractivity contribution in [3.63, 3.8) is 0 Å². The largest absolute Gasteiger partial charge is 0.481 e. The molecule has 3 aliphatic heterocycles. The minimum atomic E-state index is -1.42. The van der Waals surface area contributed by atoms with Gasteiger partial charge in [0.1, 0.15) is 24.4 Å². The molecular weight excluding hydrogens is 442 g/mol. The molecule has 3 heterocycles. The zero-order chi connectivity index (χ0) is 24.3. The predicted octanol–water partition coefficient (Wildman–Crippen LogP) is -2.85. The second-order valence-corrected chi connectivity index (χ2v) is 8.50. The lowest BCUT2D eigenvalue weighted by Gasteiger charge is -2.35. The summed E-state index contributed by atoms with van der Waals surface area (Å²) in [6, 6.07) is -0.669. The van der Waals surface area contributed by atoms with Gasteiger partial charge in [-0.25, -0.2) is 9.79 Å². The van der Waals surface area contributed by atoms with E-state index in [2.05, 4.69) is 4.99 Å². The Morgan fingerprint density at radius 3 is 2.73 bits per heavy atom. The van der Waals surface area contributed by atoms with Crippen LogP contribution in [0, 0.1) is 5.92 Å². The molecule has 0 radical (unpaired) electrons. The SMILES string of the molecule is CC1=C[C@@H](C[C@@H](C(=O)O)[C@@H]2CN(C[C@H](O)CCO[C@H]3OC[C@@H](O)[C@H](O)[C@H]3O)C(N)=N2)OC1=O. The van der Waals surface area contributed by atoms with E-state index in [0.717, 1.165) is 0 Å². The number of esters is 1. The molecule has 3 aliphatic rings. The number of aliphatic carboxylic acids is 1. The summed E-state index contributed by atoms with van der Waals surface area (Å²) >= 11 is 0. The van der Waals surface area contributed by atoms with Crippen LogP contribution in [-0.2, 0) is 23.8 Å². The fourth-order valence-electron chi connectivity index (χ4n) is 3.99. The lowest BCUT2D eigenvalue weighted by molar-refractivity contribution is -0.270. The van der Waals surface area contributed by atoms with Crippen molar-refractivity contribution in [2.45, 2.75) is 62.6 Å². The lowest BCUT2D eigenvalue weighted by Crippen LogP contribution is -2.53. The average molecular weight is 473 g/mol. The summed E-state index contributed by atoms with van der Waals surface area (Å²) in [5, 5.41) is 48.9. The zero-order valence-corrected chi connectivity index (χ0v) is 18.2. The minimum absolute atomic E-state index is 0.00346. The van der Waals surface area contributed by atoms with Crippen LogP contribution in [0.25, 0.3) is 0 Å². The number of carboxylic acids is 1. The molecule has 0 aromatic rings. The molecule has 3 rings (SSSR count). The van der Waals surface area contributed by atoms with Gasteiger partial charge in [-0.3, -0.25) is 4.79 Å². The van der Waals surface area contributed by atoms with Crippen molar-refractivity contribution in [2.75, 3.05) is 26.3 Å². The molecule has 186 valence electrons. The van der Waals surface area contributed by atoms with E-state index in [0.29, 0.717) is 5.57 Å². The first-order valence-corrected chi connectivity index (χ1v) is 10.7. The predicted molar refractivity (Wildman–Crippen MR) is 111 cm³/mol. The number of carbonyl (C=O) groups excluding carboxylic acids is 1. The van der Waals surface area contributed by atoms with Crippen molar-refractivity contribution >= 4 is 17.9 Å². The summed E-state index contributed by atoms with van der Waals surface area (Å²) in [5.41, 5.74) is 6.37. The Hall–Kier alpha value is -2.29. The van der Waals surface area contributed by atoms with Gasteiger partial charge in [-0.15, -0.1) is 0 Å². The normalized spacial score (nSPS) is 34.0. The van der Waals surface area contributed by atoms with Crippen LogP contribution in [0.5, 0.6) is 0 Å². The average Bonchev–Trinajstić information content (AvgIpc) is 3.26. The highest BCUT2D eigenvalue weighted by atomic mass is 16.7. The van der Waals surface area contributed by atoms with Crippen LogP contribution in [0.4, 0.5) is 0 Å². The Morgan fingerprint density at radius 1 is 1.36 bits per heavy atom. The third-order valence-corrected chi connectivity index (χ3v) is 5.93. The van der Waals surface area contributed by atoms with Gasteiger partial charge in [0.15, 0.2) is 12.2 Å². The molecular formula is C20H31N3O10. The van der Waals surface area contributed by atoms with Crippen molar-refractivity contribution in [1.29, 1.82) is 0 Å². The highest BCUT2D eigenvalue weighted by molar-refractivity contribution is 5.90. The van der Waals surface area contributed by atoms with Gasteiger partial charge < -0.3 is 50.4 Å². The van der Waals surface area contributed by atoms with E-state index in [4.69, 9.17) is 19.9 Å². The number of rotatable bonds is 10. The van der Waals surface area contributed by atoms with Gasteiger partial charge in [0.25, 0.3) is 0 Å². The molecule has 13 nitrogen and oxygen atoms in total. The van der Waals surface area contributed by atoms with Gasteiger partial charge in [-0.05, 0) is 19.4 Å². The molecule has 13 heteroatoms. The Kier molecular flexibility index (Phi) is 8.26. The molecule has 1 saturated heterocycles. The first-order chi connectivity index (χ1) is 15.6. The van der Waals surface area contributed by atoms with Crippen LogP contribution in [-0.4, -0.2) is 117 Å². The zero-order valence-electron chi connectivity index (χ0n) is 18.2. The topological polar surface area (TPSA) is 205 Å². The highest BCUT2D eigenvalue weighted by Gasteiger charge is 2.39. The molecule has 0 spiro atoms.